The first-order chi connectivity index (χ1) is 4.54. The van der Waals surface area contributed by atoms with E-state index in [9.17, 15) is 4.57 Å². The van der Waals surface area contributed by atoms with Crippen molar-refractivity contribution in [2.75, 3.05) is 18.7 Å². The molecule has 0 saturated heterocycles. The van der Waals surface area contributed by atoms with Crippen LogP contribution in [0, 0.1) is 5.92 Å². The lowest BCUT2D eigenvalue weighted by Gasteiger charge is -2.14. The Bertz CT molecular complexity index is 124. The highest BCUT2D eigenvalue weighted by molar-refractivity contribution is 7.63. The van der Waals surface area contributed by atoms with Gasteiger partial charge in [0.1, 0.15) is 7.14 Å². The van der Waals surface area contributed by atoms with Gasteiger partial charge in [-0.2, -0.15) is 0 Å². The van der Waals surface area contributed by atoms with Crippen molar-refractivity contribution in [2.45, 2.75) is 20.8 Å². The lowest BCUT2D eigenvalue weighted by molar-refractivity contribution is 0.356. The molecule has 62 valence electrons. The fraction of sp³-hybridized carbons (Fsp3) is 1.00. The number of aliphatic hydroxyl groups is 1. The average molecular weight is 164 g/mol. The second kappa shape index (κ2) is 4.15. The summed E-state index contributed by atoms with van der Waals surface area (Å²) < 4.78 is 11.5. The molecule has 3 heteroatoms. The summed E-state index contributed by atoms with van der Waals surface area (Å²) >= 11 is 0. The van der Waals surface area contributed by atoms with Crippen LogP contribution in [0.3, 0.4) is 0 Å². The summed E-state index contributed by atoms with van der Waals surface area (Å²) in [7, 11) is -2.18. The topological polar surface area (TPSA) is 37.3 Å². The van der Waals surface area contributed by atoms with Gasteiger partial charge in [-0.05, 0) is 5.92 Å². The molecule has 1 N–H and O–H groups in total. The smallest absolute Gasteiger partial charge is 0.112 e. The van der Waals surface area contributed by atoms with E-state index >= 15 is 0 Å². The van der Waals surface area contributed by atoms with Gasteiger partial charge in [0.05, 0.1) is 6.35 Å². The quantitative estimate of drug-likeness (QED) is 0.645. The first-order valence-electron chi connectivity index (χ1n) is 3.72. The Kier molecular flexibility index (Phi) is 4.23. The predicted molar refractivity (Wildman–Crippen MR) is 44.9 cm³/mol. The molecule has 0 heterocycles. The van der Waals surface area contributed by atoms with E-state index in [1.54, 1.807) is 0 Å². The Morgan fingerprint density at radius 2 is 2.00 bits per heavy atom. The van der Waals surface area contributed by atoms with Gasteiger partial charge < -0.3 is 9.67 Å². The van der Waals surface area contributed by atoms with Crippen LogP contribution in [-0.4, -0.2) is 23.8 Å². The van der Waals surface area contributed by atoms with E-state index in [4.69, 9.17) is 5.11 Å². The SMILES string of the molecule is CCP(=O)(CO)CC(C)C. The Hall–Kier alpha value is 0.190. The van der Waals surface area contributed by atoms with E-state index in [0.717, 1.165) is 0 Å². The van der Waals surface area contributed by atoms with Crippen molar-refractivity contribution in [1.82, 2.24) is 0 Å². The minimum absolute atomic E-state index is 0.123. The van der Waals surface area contributed by atoms with Gasteiger partial charge in [0, 0.05) is 12.3 Å². The van der Waals surface area contributed by atoms with Gasteiger partial charge in [-0.25, -0.2) is 0 Å². The number of hydrogen-bond acceptors (Lipinski definition) is 2. The summed E-state index contributed by atoms with van der Waals surface area (Å²) in [6.07, 6.45) is 1.18. The van der Waals surface area contributed by atoms with Crippen molar-refractivity contribution in [3.8, 4) is 0 Å². The Morgan fingerprint density at radius 1 is 1.50 bits per heavy atom. The molecular weight excluding hydrogens is 147 g/mol. The fourth-order valence-corrected chi connectivity index (χ4v) is 2.86. The van der Waals surface area contributed by atoms with Crippen molar-refractivity contribution in [2.24, 2.45) is 5.92 Å². The molecule has 0 fully saturated rings. The van der Waals surface area contributed by atoms with E-state index in [2.05, 4.69) is 0 Å². The molecular formula is C7H17O2P. The molecule has 0 bridgehead atoms. The van der Waals surface area contributed by atoms with Crippen LogP contribution in [0.2, 0.25) is 0 Å². The van der Waals surface area contributed by atoms with E-state index in [1.807, 2.05) is 20.8 Å². The molecule has 0 radical (unpaired) electrons. The number of hydrogen-bond donors (Lipinski definition) is 1. The number of rotatable bonds is 4. The molecule has 0 spiro atoms. The molecule has 0 aromatic carbocycles. The van der Waals surface area contributed by atoms with Crippen molar-refractivity contribution in [3.05, 3.63) is 0 Å². The lowest BCUT2D eigenvalue weighted by atomic mass is 10.3. The maximum absolute atomic E-state index is 11.5. The zero-order chi connectivity index (χ0) is 8.20. The van der Waals surface area contributed by atoms with E-state index in [1.165, 1.54) is 0 Å². The Labute approximate surface area is 63.0 Å². The molecule has 0 amide bonds. The van der Waals surface area contributed by atoms with Crippen molar-refractivity contribution in [1.29, 1.82) is 0 Å². The van der Waals surface area contributed by atoms with Crippen LogP contribution in [-0.2, 0) is 4.57 Å². The van der Waals surface area contributed by atoms with Gasteiger partial charge in [0.25, 0.3) is 0 Å². The van der Waals surface area contributed by atoms with E-state index in [0.29, 0.717) is 18.2 Å². The van der Waals surface area contributed by atoms with Gasteiger partial charge in [-0.15, -0.1) is 0 Å². The van der Waals surface area contributed by atoms with Gasteiger partial charge >= 0.3 is 0 Å². The van der Waals surface area contributed by atoms with Gasteiger partial charge in [-0.3, -0.25) is 0 Å². The third-order valence-electron chi connectivity index (χ3n) is 1.53. The molecule has 10 heavy (non-hydrogen) atoms. The molecule has 0 aromatic rings. The molecule has 1 atom stereocenters. The summed E-state index contributed by atoms with van der Waals surface area (Å²) in [4.78, 5) is 0. The highest BCUT2D eigenvalue weighted by atomic mass is 31.2. The molecule has 0 aliphatic heterocycles. The molecule has 0 saturated carbocycles. The van der Waals surface area contributed by atoms with Gasteiger partial charge in [0.15, 0.2) is 0 Å². The van der Waals surface area contributed by atoms with Crippen LogP contribution in [0.5, 0.6) is 0 Å². The highest BCUT2D eigenvalue weighted by Gasteiger charge is 2.19. The lowest BCUT2D eigenvalue weighted by Crippen LogP contribution is -2.02. The van der Waals surface area contributed by atoms with Crippen LogP contribution < -0.4 is 0 Å². The molecule has 1 unspecified atom stereocenters. The summed E-state index contributed by atoms with van der Waals surface area (Å²) in [6, 6.07) is 0. The third kappa shape index (κ3) is 3.38. The van der Waals surface area contributed by atoms with E-state index in [-0.39, 0.29) is 6.35 Å². The maximum Gasteiger partial charge on any atom is 0.112 e. The van der Waals surface area contributed by atoms with Crippen molar-refractivity contribution in [3.63, 3.8) is 0 Å². The monoisotopic (exact) mass is 164 g/mol. The third-order valence-corrected chi connectivity index (χ3v) is 4.60. The molecule has 2 nitrogen and oxygen atoms in total. The Balaban J connectivity index is 3.94. The zero-order valence-corrected chi connectivity index (χ0v) is 7.90. The van der Waals surface area contributed by atoms with Crippen molar-refractivity contribution < 1.29 is 9.67 Å². The van der Waals surface area contributed by atoms with Crippen LogP contribution in [0.4, 0.5) is 0 Å². The second-order valence-electron chi connectivity index (χ2n) is 3.09. The van der Waals surface area contributed by atoms with Crippen LogP contribution >= 0.6 is 7.14 Å². The summed E-state index contributed by atoms with van der Waals surface area (Å²) in [5.74, 6) is 0.429. The minimum Gasteiger partial charge on any atom is -0.389 e. The summed E-state index contributed by atoms with van der Waals surface area (Å²) in [5.41, 5.74) is 0. The first kappa shape index (κ1) is 10.2. The Morgan fingerprint density at radius 3 is 2.10 bits per heavy atom. The predicted octanol–water partition coefficient (Wildman–Crippen LogP) is 1.98. The van der Waals surface area contributed by atoms with Gasteiger partial charge in [0.2, 0.25) is 0 Å². The molecule has 0 rings (SSSR count). The minimum atomic E-state index is -2.18. The average Bonchev–Trinajstić information content (AvgIpc) is 1.87. The standard InChI is InChI=1S/C7H17O2P/c1-4-10(9,6-8)5-7(2)3/h7-8H,4-6H2,1-3H3. The fourth-order valence-electron chi connectivity index (χ4n) is 0.952. The molecule has 0 aliphatic carbocycles. The highest BCUT2D eigenvalue weighted by Crippen LogP contribution is 2.45. The summed E-state index contributed by atoms with van der Waals surface area (Å²) in [6.45, 7) is 5.93. The largest absolute Gasteiger partial charge is 0.389 e. The zero-order valence-electron chi connectivity index (χ0n) is 7.00. The van der Waals surface area contributed by atoms with Crippen LogP contribution in [0.15, 0.2) is 0 Å². The van der Waals surface area contributed by atoms with Crippen LogP contribution in [0.1, 0.15) is 20.8 Å². The van der Waals surface area contributed by atoms with E-state index < -0.39 is 7.14 Å². The molecule has 0 aromatic heterocycles. The van der Waals surface area contributed by atoms with Crippen LogP contribution in [0.25, 0.3) is 0 Å². The number of aliphatic hydroxyl groups excluding tert-OH is 1. The van der Waals surface area contributed by atoms with Gasteiger partial charge in [-0.1, -0.05) is 20.8 Å². The maximum atomic E-state index is 11.5. The molecule has 0 aliphatic rings. The second-order valence-corrected chi connectivity index (χ2v) is 6.49. The first-order valence-corrected chi connectivity index (χ1v) is 5.98. The van der Waals surface area contributed by atoms with Crippen molar-refractivity contribution >= 4 is 7.14 Å². The normalized spacial score (nSPS) is 17.3. The summed E-state index contributed by atoms with van der Waals surface area (Å²) in [5, 5.41) is 8.77.